The SMILES string of the molecule is CC1CC1c1ccc(C=CC(=O)NCC(O)C(=O)O)o1. The number of carboxylic acid groups (broad SMARTS) is 1. The Kier molecular flexibility index (Phi) is 4.24. The second-order valence-electron chi connectivity index (χ2n) is 4.99. The van der Waals surface area contributed by atoms with Crippen molar-refractivity contribution in [1.29, 1.82) is 0 Å². The highest BCUT2D eigenvalue weighted by molar-refractivity contribution is 5.91. The molecule has 1 heterocycles. The van der Waals surface area contributed by atoms with Crippen LogP contribution >= 0.6 is 0 Å². The van der Waals surface area contributed by atoms with Crippen LogP contribution in [0.25, 0.3) is 6.08 Å². The predicted molar refractivity (Wildman–Crippen MR) is 70.9 cm³/mol. The lowest BCUT2D eigenvalue weighted by atomic mass is 10.3. The van der Waals surface area contributed by atoms with Gasteiger partial charge in [-0.1, -0.05) is 6.92 Å². The number of carbonyl (C=O) groups is 2. The topological polar surface area (TPSA) is 99.8 Å². The van der Waals surface area contributed by atoms with Gasteiger partial charge < -0.3 is 19.9 Å². The summed E-state index contributed by atoms with van der Waals surface area (Å²) >= 11 is 0. The Morgan fingerprint density at radius 3 is 2.85 bits per heavy atom. The Bertz CT molecular complexity index is 533. The number of carboxylic acids is 1. The number of aliphatic hydroxyl groups excluding tert-OH is 1. The molecule has 0 saturated heterocycles. The maximum absolute atomic E-state index is 11.4. The number of nitrogens with one attached hydrogen (secondary N) is 1. The van der Waals surface area contributed by atoms with Gasteiger partial charge in [-0.25, -0.2) is 4.79 Å². The molecule has 6 heteroatoms. The fourth-order valence-corrected chi connectivity index (χ4v) is 1.88. The van der Waals surface area contributed by atoms with Crippen LogP contribution in [0.5, 0.6) is 0 Å². The molecule has 20 heavy (non-hydrogen) atoms. The highest BCUT2D eigenvalue weighted by Crippen LogP contribution is 2.47. The lowest BCUT2D eigenvalue weighted by Gasteiger charge is -2.04. The van der Waals surface area contributed by atoms with Crippen molar-refractivity contribution in [3.8, 4) is 0 Å². The zero-order chi connectivity index (χ0) is 14.7. The number of furan rings is 1. The minimum atomic E-state index is -1.60. The normalized spacial score (nSPS) is 22.7. The second-order valence-corrected chi connectivity index (χ2v) is 4.99. The summed E-state index contributed by atoms with van der Waals surface area (Å²) in [5.41, 5.74) is 0. The Morgan fingerprint density at radius 2 is 2.25 bits per heavy atom. The molecule has 1 aromatic heterocycles. The average Bonchev–Trinajstić information content (AvgIpc) is 2.96. The summed E-state index contributed by atoms with van der Waals surface area (Å²) in [5, 5.41) is 19.7. The minimum Gasteiger partial charge on any atom is -0.479 e. The quantitative estimate of drug-likeness (QED) is 0.674. The minimum absolute atomic E-state index is 0.332. The van der Waals surface area contributed by atoms with Crippen molar-refractivity contribution >= 4 is 18.0 Å². The summed E-state index contributed by atoms with van der Waals surface area (Å²) in [7, 11) is 0. The lowest BCUT2D eigenvalue weighted by Crippen LogP contribution is -2.35. The molecule has 0 radical (unpaired) electrons. The summed E-state index contributed by atoms with van der Waals surface area (Å²) in [4.78, 5) is 21.8. The largest absolute Gasteiger partial charge is 0.479 e. The Morgan fingerprint density at radius 1 is 1.55 bits per heavy atom. The van der Waals surface area contributed by atoms with E-state index >= 15 is 0 Å². The average molecular weight is 279 g/mol. The van der Waals surface area contributed by atoms with Gasteiger partial charge in [0.25, 0.3) is 0 Å². The molecular weight excluding hydrogens is 262 g/mol. The molecule has 1 fully saturated rings. The van der Waals surface area contributed by atoms with Crippen LogP contribution in [0.2, 0.25) is 0 Å². The summed E-state index contributed by atoms with van der Waals surface area (Å²) in [6.07, 6.45) is 2.29. The zero-order valence-electron chi connectivity index (χ0n) is 11.1. The molecule has 1 amide bonds. The van der Waals surface area contributed by atoms with Gasteiger partial charge in [0.05, 0.1) is 6.54 Å². The third kappa shape index (κ3) is 3.71. The molecule has 2 rings (SSSR count). The summed E-state index contributed by atoms with van der Waals surface area (Å²) in [6, 6.07) is 3.69. The van der Waals surface area contributed by atoms with Gasteiger partial charge in [-0.05, 0) is 30.5 Å². The predicted octanol–water partition coefficient (Wildman–Crippen LogP) is 0.978. The number of aliphatic hydroxyl groups is 1. The third-order valence-corrected chi connectivity index (χ3v) is 3.28. The van der Waals surface area contributed by atoms with E-state index in [0.29, 0.717) is 17.6 Å². The van der Waals surface area contributed by atoms with Crippen LogP contribution in [0.15, 0.2) is 22.6 Å². The molecular formula is C14H17NO5. The highest BCUT2D eigenvalue weighted by Gasteiger charge is 2.36. The molecule has 1 saturated carbocycles. The maximum Gasteiger partial charge on any atom is 0.334 e. The first-order valence-corrected chi connectivity index (χ1v) is 6.44. The van der Waals surface area contributed by atoms with Crippen LogP contribution < -0.4 is 5.32 Å². The lowest BCUT2D eigenvalue weighted by molar-refractivity contribution is -0.146. The van der Waals surface area contributed by atoms with E-state index < -0.39 is 18.0 Å². The molecule has 0 aromatic carbocycles. The Balaban J connectivity index is 1.81. The first kappa shape index (κ1) is 14.3. The fraction of sp³-hybridized carbons (Fsp3) is 0.429. The standard InChI is InChI=1S/C14H17NO5/c1-8-6-10(8)12-4-2-9(20-12)3-5-13(17)15-7-11(16)14(18)19/h2-5,8,10-11,16H,6-7H2,1H3,(H,15,17)(H,18,19). The second kappa shape index (κ2) is 5.92. The zero-order valence-corrected chi connectivity index (χ0v) is 11.1. The van der Waals surface area contributed by atoms with Crippen molar-refractivity contribution in [2.45, 2.75) is 25.4 Å². The highest BCUT2D eigenvalue weighted by atomic mass is 16.4. The van der Waals surface area contributed by atoms with Gasteiger partial charge in [0.2, 0.25) is 5.91 Å². The van der Waals surface area contributed by atoms with E-state index in [1.165, 1.54) is 12.2 Å². The smallest absolute Gasteiger partial charge is 0.334 e. The van der Waals surface area contributed by atoms with Gasteiger partial charge in [0.15, 0.2) is 6.10 Å². The van der Waals surface area contributed by atoms with Crippen LogP contribution in [0.1, 0.15) is 30.8 Å². The van der Waals surface area contributed by atoms with Gasteiger partial charge in [-0.3, -0.25) is 4.79 Å². The van der Waals surface area contributed by atoms with Crippen molar-refractivity contribution in [2.75, 3.05) is 6.54 Å². The van der Waals surface area contributed by atoms with Gasteiger partial charge in [0, 0.05) is 12.0 Å². The summed E-state index contributed by atoms with van der Waals surface area (Å²) in [6.45, 7) is 1.82. The molecule has 108 valence electrons. The number of hydrogen-bond acceptors (Lipinski definition) is 4. The fourth-order valence-electron chi connectivity index (χ4n) is 1.88. The van der Waals surface area contributed by atoms with Crippen LogP contribution in [-0.4, -0.2) is 34.7 Å². The number of carbonyl (C=O) groups excluding carboxylic acids is 1. The van der Waals surface area contributed by atoms with E-state index in [-0.39, 0.29) is 6.54 Å². The molecule has 0 spiro atoms. The maximum atomic E-state index is 11.4. The number of hydrogen-bond donors (Lipinski definition) is 3. The molecule has 1 aromatic rings. The molecule has 3 atom stereocenters. The van der Waals surface area contributed by atoms with Crippen molar-refractivity contribution in [2.24, 2.45) is 5.92 Å². The van der Waals surface area contributed by atoms with E-state index in [1.54, 1.807) is 6.07 Å². The molecule has 0 bridgehead atoms. The monoisotopic (exact) mass is 279 g/mol. The number of amides is 1. The van der Waals surface area contributed by atoms with Gasteiger partial charge in [0.1, 0.15) is 11.5 Å². The summed E-state index contributed by atoms with van der Waals surface area (Å²) in [5.74, 6) is 0.786. The van der Waals surface area contributed by atoms with Crippen molar-refractivity contribution in [1.82, 2.24) is 5.32 Å². The molecule has 1 aliphatic carbocycles. The number of rotatable bonds is 6. The molecule has 3 unspecified atom stereocenters. The van der Waals surface area contributed by atoms with Gasteiger partial charge in [-0.2, -0.15) is 0 Å². The third-order valence-electron chi connectivity index (χ3n) is 3.28. The van der Waals surface area contributed by atoms with Gasteiger partial charge >= 0.3 is 5.97 Å². The molecule has 6 nitrogen and oxygen atoms in total. The van der Waals surface area contributed by atoms with E-state index in [4.69, 9.17) is 14.6 Å². The van der Waals surface area contributed by atoms with E-state index in [9.17, 15) is 9.59 Å². The number of aliphatic carboxylic acids is 1. The van der Waals surface area contributed by atoms with Crippen LogP contribution in [0, 0.1) is 5.92 Å². The summed E-state index contributed by atoms with van der Waals surface area (Å²) < 4.78 is 5.58. The first-order valence-electron chi connectivity index (χ1n) is 6.44. The van der Waals surface area contributed by atoms with Crippen molar-refractivity contribution < 1.29 is 24.2 Å². The Labute approximate surface area is 116 Å². The molecule has 3 N–H and O–H groups in total. The van der Waals surface area contributed by atoms with Crippen LogP contribution in [0.4, 0.5) is 0 Å². The van der Waals surface area contributed by atoms with Crippen LogP contribution in [-0.2, 0) is 9.59 Å². The van der Waals surface area contributed by atoms with E-state index in [2.05, 4.69) is 12.2 Å². The van der Waals surface area contributed by atoms with Crippen LogP contribution in [0.3, 0.4) is 0 Å². The van der Waals surface area contributed by atoms with E-state index in [1.807, 2.05) is 6.07 Å². The van der Waals surface area contributed by atoms with Crippen molar-refractivity contribution in [3.63, 3.8) is 0 Å². The van der Waals surface area contributed by atoms with E-state index in [0.717, 1.165) is 12.2 Å². The molecule has 1 aliphatic rings. The molecule has 0 aliphatic heterocycles. The van der Waals surface area contributed by atoms with Crippen molar-refractivity contribution in [3.05, 3.63) is 29.7 Å². The van der Waals surface area contributed by atoms with Gasteiger partial charge in [-0.15, -0.1) is 0 Å². The Hall–Kier alpha value is -2.08. The first-order chi connectivity index (χ1) is 9.47.